The lowest BCUT2D eigenvalue weighted by Gasteiger charge is -2.25. The number of nitro benzene ring substituents is 1. The molecule has 0 saturated carbocycles. The molecule has 3 rings (SSSR count). The molecular weight excluding hydrogens is 523 g/mol. The van der Waals surface area contributed by atoms with Gasteiger partial charge in [-0.15, -0.1) is 0 Å². The predicted molar refractivity (Wildman–Crippen MR) is 127 cm³/mol. The van der Waals surface area contributed by atoms with Gasteiger partial charge < -0.3 is 5.32 Å². The van der Waals surface area contributed by atoms with Crippen molar-refractivity contribution in [2.75, 3.05) is 10.8 Å². The molecule has 0 unspecified atom stereocenters. The Balaban J connectivity index is 2.02. The molecule has 36 heavy (non-hydrogen) atoms. The fraction of sp³-hybridized carbons (Fsp3) is 0.174. The quantitative estimate of drug-likeness (QED) is 0.316. The minimum Gasteiger partial charge on any atom is -0.350 e. The number of nitrogens with one attached hydrogen (secondary N) is 1. The number of aryl methyl sites for hydroxylation is 1. The number of carbonyl (C=O) groups excluding carboxylic acids is 1. The summed E-state index contributed by atoms with van der Waals surface area (Å²) in [5.74, 6) is -0.836. The van der Waals surface area contributed by atoms with Crippen molar-refractivity contribution in [1.82, 2.24) is 5.32 Å². The van der Waals surface area contributed by atoms with E-state index in [0.717, 1.165) is 30.3 Å². The number of hydrogen-bond acceptors (Lipinski definition) is 5. The van der Waals surface area contributed by atoms with Gasteiger partial charge in [-0.25, -0.2) is 8.42 Å². The highest BCUT2D eigenvalue weighted by molar-refractivity contribution is 7.92. The number of nitro groups is 1. The molecule has 1 amide bonds. The van der Waals surface area contributed by atoms with Crippen molar-refractivity contribution < 1.29 is 31.3 Å². The minimum atomic E-state index is -4.78. The van der Waals surface area contributed by atoms with Gasteiger partial charge in [0.1, 0.15) is 6.54 Å². The zero-order chi connectivity index (χ0) is 26.7. The number of anilines is 1. The van der Waals surface area contributed by atoms with Gasteiger partial charge in [-0.2, -0.15) is 13.2 Å². The van der Waals surface area contributed by atoms with Gasteiger partial charge in [-0.3, -0.25) is 19.2 Å². The van der Waals surface area contributed by atoms with Crippen LogP contribution < -0.4 is 9.62 Å². The number of hydrogen-bond donors (Lipinski definition) is 1. The fourth-order valence-corrected chi connectivity index (χ4v) is 4.88. The Kier molecular flexibility index (Phi) is 7.89. The van der Waals surface area contributed by atoms with Crippen LogP contribution >= 0.6 is 11.6 Å². The van der Waals surface area contributed by atoms with E-state index >= 15 is 0 Å². The fourth-order valence-electron chi connectivity index (χ4n) is 3.25. The normalized spacial score (nSPS) is 11.7. The summed E-state index contributed by atoms with van der Waals surface area (Å²) in [4.78, 5) is 22.7. The van der Waals surface area contributed by atoms with Gasteiger partial charge in [0.2, 0.25) is 5.91 Å². The van der Waals surface area contributed by atoms with E-state index in [4.69, 9.17) is 11.6 Å². The predicted octanol–water partition coefficient (Wildman–Crippen LogP) is 5.09. The van der Waals surface area contributed by atoms with Crippen LogP contribution in [0, 0.1) is 17.0 Å². The summed E-state index contributed by atoms with van der Waals surface area (Å²) in [6.45, 7) is 0.446. The SMILES string of the molecule is Cc1ccc(S(=O)(=O)N(CC(=O)NCc2ccccc2Cl)c2cccc(C(F)(F)F)c2)cc1[N+](=O)[O-]. The summed E-state index contributed by atoms with van der Waals surface area (Å²) in [7, 11) is -4.70. The van der Waals surface area contributed by atoms with Crippen LogP contribution in [-0.4, -0.2) is 25.8 Å². The van der Waals surface area contributed by atoms with Crippen molar-refractivity contribution in [2.24, 2.45) is 0 Å². The molecule has 13 heteroatoms. The van der Waals surface area contributed by atoms with Gasteiger partial charge in [0, 0.05) is 23.2 Å². The molecule has 0 aliphatic heterocycles. The average Bonchev–Trinajstić information content (AvgIpc) is 2.81. The van der Waals surface area contributed by atoms with E-state index in [1.807, 2.05) is 0 Å². The van der Waals surface area contributed by atoms with E-state index in [9.17, 15) is 36.5 Å². The Labute approximate surface area is 209 Å². The third kappa shape index (κ3) is 6.13. The maximum atomic E-state index is 13.5. The molecule has 190 valence electrons. The van der Waals surface area contributed by atoms with Crippen molar-refractivity contribution >= 4 is 38.9 Å². The van der Waals surface area contributed by atoms with Gasteiger partial charge >= 0.3 is 6.18 Å². The van der Waals surface area contributed by atoms with E-state index in [1.165, 1.54) is 13.0 Å². The largest absolute Gasteiger partial charge is 0.416 e. The lowest BCUT2D eigenvalue weighted by atomic mass is 10.2. The van der Waals surface area contributed by atoms with Gasteiger partial charge in [0.05, 0.1) is 21.1 Å². The molecule has 8 nitrogen and oxygen atoms in total. The smallest absolute Gasteiger partial charge is 0.350 e. The van der Waals surface area contributed by atoms with Crippen LogP contribution in [-0.2, 0) is 27.5 Å². The van der Waals surface area contributed by atoms with Crippen LogP contribution in [0.3, 0.4) is 0 Å². The van der Waals surface area contributed by atoms with Crippen LogP contribution in [0.2, 0.25) is 5.02 Å². The Morgan fingerprint density at radius 1 is 1.08 bits per heavy atom. The number of nitrogens with zero attached hydrogens (tertiary/aromatic N) is 2. The summed E-state index contributed by atoms with van der Waals surface area (Å²) < 4.78 is 67.3. The summed E-state index contributed by atoms with van der Waals surface area (Å²) >= 11 is 6.06. The Bertz CT molecular complexity index is 1410. The number of alkyl halides is 3. The molecule has 0 atom stereocenters. The lowest BCUT2D eigenvalue weighted by Crippen LogP contribution is -2.40. The van der Waals surface area contributed by atoms with Crippen molar-refractivity contribution in [1.29, 1.82) is 0 Å². The molecule has 1 N–H and O–H groups in total. The first-order chi connectivity index (χ1) is 16.8. The summed E-state index contributed by atoms with van der Waals surface area (Å²) in [6.07, 6.45) is -4.78. The number of rotatable bonds is 8. The second-order valence-corrected chi connectivity index (χ2v) is 9.90. The molecule has 3 aromatic carbocycles. The third-order valence-corrected chi connectivity index (χ3v) is 7.29. The molecule has 3 aromatic rings. The molecule has 0 heterocycles. The molecule has 0 aromatic heterocycles. The Morgan fingerprint density at radius 2 is 1.78 bits per heavy atom. The van der Waals surface area contributed by atoms with E-state index in [-0.39, 0.29) is 12.1 Å². The molecule has 0 radical (unpaired) electrons. The standard InChI is InChI=1S/C23H19ClF3N3O5S/c1-15-9-10-19(12-21(15)30(32)33)36(34,35)29(18-7-4-6-17(11-18)23(25,26)27)14-22(31)28-13-16-5-2-3-8-20(16)24/h2-12H,13-14H2,1H3,(H,28,31). The molecule has 0 aliphatic carbocycles. The Hall–Kier alpha value is -3.64. The van der Waals surface area contributed by atoms with E-state index in [2.05, 4.69) is 5.32 Å². The number of carbonyl (C=O) groups is 1. The maximum Gasteiger partial charge on any atom is 0.416 e. The summed E-state index contributed by atoms with van der Waals surface area (Å²) in [5.41, 5.74) is -1.35. The number of sulfonamides is 1. The van der Waals surface area contributed by atoms with Crippen LogP contribution in [0.25, 0.3) is 0 Å². The van der Waals surface area contributed by atoms with E-state index in [1.54, 1.807) is 24.3 Å². The molecule has 0 fully saturated rings. The minimum absolute atomic E-state index is 0.0645. The van der Waals surface area contributed by atoms with Crippen LogP contribution in [0.4, 0.5) is 24.5 Å². The van der Waals surface area contributed by atoms with E-state index in [0.29, 0.717) is 21.0 Å². The molecule has 0 saturated heterocycles. The summed E-state index contributed by atoms with van der Waals surface area (Å²) in [5, 5.41) is 14.2. The topological polar surface area (TPSA) is 110 Å². The number of benzene rings is 3. The van der Waals surface area contributed by atoms with Crippen LogP contribution in [0.5, 0.6) is 0 Å². The monoisotopic (exact) mass is 541 g/mol. The molecular formula is C23H19ClF3N3O5S. The maximum absolute atomic E-state index is 13.5. The third-order valence-electron chi connectivity index (χ3n) is 5.15. The zero-order valence-electron chi connectivity index (χ0n) is 18.6. The van der Waals surface area contributed by atoms with Crippen molar-refractivity contribution in [3.63, 3.8) is 0 Å². The first-order valence-electron chi connectivity index (χ1n) is 10.3. The first kappa shape index (κ1) is 27.0. The van der Waals surface area contributed by atoms with Gasteiger partial charge in [0.15, 0.2) is 0 Å². The number of halogens is 4. The second kappa shape index (κ2) is 10.5. The van der Waals surface area contributed by atoms with Gasteiger partial charge in [0.25, 0.3) is 15.7 Å². The zero-order valence-corrected chi connectivity index (χ0v) is 20.2. The average molecular weight is 542 g/mol. The summed E-state index contributed by atoms with van der Waals surface area (Å²) in [6, 6.07) is 13.1. The highest BCUT2D eigenvalue weighted by Gasteiger charge is 2.34. The molecule has 0 spiro atoms. The van der Waals surface area contributed by atoms with Gasteiger partial charge in [-0.05, 0) is 42.8 Å². The van der Waals surface area contributed by atoms with Crippen LogP contribution in [0.15, 0.2) is 71.6 Å². The second-order valence-electron chi connectivity index (χ2n) is 7.63. The number of amides is 1. The van der Waals surface area contributed by atoms with Gasteiger partial charge in [-0.1, -0.05) is 41.9 Å². The highest BCUT2D eigenvalue weighted by Crippen LogP contribution is 2.34. The first-order valence-corrected chi connectivity index (χ1v) is 12.1. The van der Waals surface area contributed by atoms with Crippen LogP contribution in [0.1, 0.15) is 16.7 Å². The van der Waals surface area contributed by atoms with Crippen molar-refractivity contribution in [3.05, 3.63) is 98.6 Å². The van der Waals surface area contributed by atoms with Crippen molar-refractivity contribution in [2.45, 2.75) is 24.5 Å². The lowest BCUT2D eigenvalue weighted by molar-refractivity contribution is -0.385. The van der Waals surface area contributed by atoms with Crippen molar-refractivity contribution in [3.8, 4) is 0 Å². The Morgan fingerprint density at radius 3 is 2.42 bits per heavy atom. The highest BCUT2D eigenvalue weighted by atomic mass is 35.5. The molecule has 0 aliphatic rings. The molecule has 0 bridgehead atoms. The van der Waals surface area contributed by atoms with E-state index < -0.39 is 55.4 Å².